The molecular weight excluding hydrogens is 274 g/mol. The zero-order valence-corrected chi connectivity index (χ0v) is 11.4. The van der Waals surface area contributed by atoms with Crippen molar-refractivity contribution in [1.29, 1.82) is 0 Å². The van der Waals surface area contributed by atoms with E-state index in [0.717, 1.165) is 5.69 Å². The SMILES string of the molecule is CN(Cc1ccccn1)C(=O)NCc1ccc(C(=O)O)o1. The molecule has 2 rings (SSSR count). The van der Waals surface area contributed by atoms with Gasteiger partial charge in [0.1, 0.15) is 5.76 Å². The number of amides is 2. The molecule has 2 N–H and O–H groups in total. The number of carboxylic acid groups (broad SMARTS) is 1. The summed E-state index contributed by atoms with van der Waals surface area (Å²) in [5, 5.41) is 11.4. The summed E-state index contributed by atoms with van der Waals surface area (Å²) in [6, 6.07) is 8.05. The Hall–Kier alpha value is -2.83. The Morgan fingerprint density at radius 1 is 1.33 bits per heavy atom. The van der Waals surface area contributed by atoms with Crippen molar-refractivity contribution < 1.29 is 19.1 Å². The van der Waals surface area contributed by atoms with Crippen LogP contribution in [0.1, 0.15) is 22.0 Å². The lowest BCUT2D eigenvalue weighted by Crippen LogP contribution is -2.36. The molecule has 0 atom stereocenters. The van der Waals surface area contributed by atoms with E-state index < -0.39 is 5.97 Å². The first kappa shape index (κ1) is 14.6. The van der Waals surface area contributed by atoms with Gasteiger partial charge in [0.25, 0.3) is 0 Å². The quantitative estimate of drug-likeness (QED) is 0.873. The third kappa shape index (κ3) is 4.07. The average Bonchev–Trinajstić information content (AvgIpc) is 2.95. The van der Waals surface area contributed by atoms with E-state index in [1.807, 2.05) is 12.1 Å². The second-order valence-electron chi connectivity index (χ2n) is 4.41. The summed E-state index contributed by atoms with van der Waals surface area (Å²) in [7, 11) is 1.65. The summed E-state index contributed by atoms with van der Waals surface area (Å²) in [4.78, 5) is 28.2. The number of urea groups is 1. The van der Waals surface area contributed by atoms with Gasteiger partial charge in [-0.25, -0.2) is 9.59 Å². The number of hydrogen-bond acceptors (Lipinski definition) is 4. The number of hydrogen-bond donors (Lipinski definition) is 2. The monoisotopic (exact) mass is 289 g/mol. The molecule has 0 aromatic carbocycles. The topological polar surface area (TPSA) is 95.7 Å². The highest BCUT2D eigenvalue weighted by molar-refractivity contribution is 5.84. The fraction of sp³-hybridized carbons (Fsp3) is 0.214. The molecule has 0 aliphatic heterocycles. The number of nitrogens with zero attached hydrogens (tertiary/aromatic N) is 2. The predicted molar refractivity (Wildman–Crippen MR) is 73.6 cm³/mol. The number of aromatic nitrogens is 1. The summed E-state index contributed by atoms with van der Waals surface area (Å²) in [6.45, 7) is 0.504. The zero-order chi connectivity index (χ0) is 15.2. The van der Waals surface area contributed by atoms with Gasteiger partial charge in [-0.1, -0.05) is 6.07 Å². The molecule has 0 radical (unpaired) electrons. The van der Waals surface area contributed by atoms with Crippen LogP contribution in [0.25, 0.3) is 0 Å². The van der Waals surface area contributed by atoms with Crippen LogP contribution >= 0.6 is 0 Å². The Bertz CT molecular complexity index is 624. The van der Waals surface area contributed by atoms with Crippen LogP contribution in [0.15, 0.2) is 40.9 Å². The lowest BCUT2D eigenvalue weighted by molar-refractivity contribution is 0.0660. The van der Waals surface area contributed by atoms with Gasteiger partial charge < -0.3 is 19.7 Å². The number of rotatable bonds is 5. The summed E-state index contributed by atoms with van der Waals surface area (Å²) in [5.74, 6) is -0.909. The smallest absolute Gasteiger partial charge is 0.371 e. The van der Waals surface area contributed by atoms with Gasteiger partial charge in [-0.05, 0) is 24.3 Å². The molecule has 2 heterocycles. The first-order chi connectivity index (χ1) is 10.1. The largest absolute Gasteiger partial charge is 0.475 e. The molecule has 110 valence electrons. The van der Waals surface area contributed by atoms with Crippen LogP contribution in [0.3, 0.4) is 0 Å². The molecule has 21 heavy (non-hydrogen) atoms. The third-order valence-electron chi connectivity index (χ3n) is 2.76. The van der Waals surface area contributed by atoms with Gasteiger partial charge in [0.2, 0.25) is 5.76 Å². The Kier molecular flexibility index (Phi) is 4.55. The second kappa shape index (κ2) is 6.56. The van der Waals surface area contributed by atoms with E-state index in [2.05, 4.69) is 10.3 Å². The molecule has 2 amide bonds. The van der Waals surface area contributed by atoms with Crippen LogP contribution in [0.5, 0.6) is 0 Å². The van der Waals surface area contributed by atoms with E-state index in [1.165, 1.54) is 17.0 Å². The summed E-state index contributed by atoms with van der Waals surface area (Å²) in [5.41, 5.74) is 0.779. The molecule has 0 fully saturated rings. The average molecular weight is 289 g/mol. The predicted octanol–water partition coefficient (Wildman–Crippen LogP) is 1.71. The van der Waals surface area contributed by atoms with Gasteiger partial charge in [0, 0.05) is 13.2 Å². The van der Waals surface area contributed by atoms with Crippen LogP contribution < -0.4 is 5.32 Å². The zero-order valence-electron chi connectivity index (χ0n) is 11.4. The molecule has 7 heteroatoms. The number of aromatic carboxylic acids is 1. The van der Waals surface area contributed by atoms with Crippen molar-refractivity contribution in [2.24, 2.45) is 0 Å². The minimum absolute atomic E-state index is 0.124. The maximum atomic E-state index is 11.9. The maximum absolute atomic E-state index is 11.9. The van der Waals surface area contributed by atoms with E-state index in [4.69, 9.17) is 9.52 Å². The summed E-state index contributed by atoms with van der Waals surface area (Å²) >= 11 is 0. The molecule has 2 aromatic heterocycles. The van der Waals surface area contributed by atoms with E-state index in [1.54, 1.807) is 19.3 Å². The molecule has 0 saturated heterocycles. The minimum Gasteiger partial charge on any atom is -0.475 e. The highest BCUT2D eigenvalue weighted by Gasteiger charge is 2.12. The molecular formula is C14H15N3O4. The highest BCUT2D eigenvalue weighted by atomic mass is 16.4. The van der Waals surface area contributed by atoms with Gasteiger partial charge >= 0.3 is 12.0 Å². The first-order valence-electron chi connectivity index (χ1n) is 6.27. The van der Waals surface area contributed by atoms with E-state index >= 15 is 0 Å². The van der Waals surface area contributed by atoms with Gasteiger partial charge in [0.15, 0.2) is 0 Å². The molecule has 7 nitrogen and oxygen atoms in total. The van der Waals surface area contributed by atoms with E-state index in [-0.39, 0.29) is 18.3 Å². The van der Waals surface area contributed by atoms with Crippen molar-refractivity contribution in [3.05, 3.63) is 53.7 Å². The van der Waals surface area contributed by atoms with Crippen LogP contribution in [-0.4, -0.2) is 34.0 Å². The van der Waals surface area contributed by atoms with Crippen molar-refractivity contribution >= 4 is 12.0 Å². The molecule has 0 unspecified atom stereocenters. The molecule has 0 spiro atoms. The van der Waals surface area contributed by atoms with Crippen molar-refractivity contribution in [1.82, 2.24) is 15.2 Å². The fourth-order valence-corrected chi connectivity index (χ4v) is 1.69. The number of nitrogens with one attached hydrogen (secondary N) is 1. The maximum Gasteiger partial charge on any atom is 0.371 e. The number of carboxylic acids is 1. The number of carbonyl (C=O) groups is 2. The highest BCUT2D eigenvalue weighted by Crippen LogP contribution is 2.07. The van der Waals surface area contributed by atoms with Crippen LogP contribution in [0, 0.1) is 0 Å². The van der Waals surface area contributed by atoms with E-state index in [9.17, 15) is 9.59 Å². The second-order valence-corrected chi connectivity index (χ2v) is 4.41. The minimum atomic E-state index is -1.14. The fourth-order valence-electron chi connectivity index (χ4n) is 1.69. The molecule has 2 aromatic rings. The van der Waals surface area contributed by atoms with Crippen molar-refractivity contribution in [2.75, 3.05) is 7.05 Å². The number of carbonyl (C=O) groups excluding carboxylic acids is 1. The van der Waals surface area contributed by atoms with Crippen molar-refractivity contribution in [2.45, 2.75) is 13.1 Å². The van der Waals surface area contributed by atoms with Gasteiger partial charge in [-0.15, -0.1) is 0 Å². The normalized spacial score (nSPS) is 10.1. The van der Waals surface area contributed by atoms with Crippen molar-refractivity contribution in [3.8, 4) is 0 Å². The summed E-state index contributed by atoms with van der Waals surface area (Å²) < 4.78 is 5.05. The van der Waals surface area contributed by atoms with Gasteiger partial charge in [-0.2, -0.15) is 0 Å². The molecule has 0 aliphatic rings. The number of pyridine rings is 1. The molecule has 0 aliphatic carbocycles. The third-order valence-corrected chi connectivity index (χ3v) is 2.76. The van der Waals surface area contributed by atoms with Gasteiger partial charge in [0.05, 0.1) is 18.8 Å². The van der Waals surface area contributed by atoms with E-state index in [0.29, 0.717) is 12.3 Å². The van der Waals surface area contributed by atoms with Gasteiger partial charge in [-0.3, -0.25) is 4.98 Å². The van der Waals surface area contributed by atoms with Crippen LogP contribution in [0.4, 0.5) is 4.79 Å². The Balaban J connectivity index is 1.84. The lowest BCUT2D eigenvalue weighted by Gasteiger charge is -2.17. The molecule has 0 bridgehead atoms. The first-order valence-corrected chi connectivity index (χ1v) is 6.27. The summed E-state index contributed by atoms with van der Waals surface area (Å²) in [6.07, 6.45) is 1.66. The van der Waals surface area contributed by atoms with Crippen LogP contribution in [0.2, 0.25) is 0 Å². The standard InChI is InChI=1S/C14H15N3O4/c1-17(9-10-4-2-3-7-15-10)14(20)16-8-11-5-6-12(21-11)13(18)19/h2-7H,8-9H2,1H3,(H,16,20)(H,18,19). The molecule has 0 saturated carbocycles. The Labute approximate surface area is 121 Å². The number of furan rings is 1. The van der Waals surface area contributed by atoms with Crippen molar-refractivity contribution in [3.63, 3.8) is 0 Å². The Morgan fingerprint density at radius 2 is 2.14 bits per heavy atom. The Morgan fingerprint density at radius 3 is 2.76 bits per heavy atom. The lowest BCUT2D eigenvalue weighted by atomic mass is 10.3. The van der Waals surface area contributed by atoms with Crippen LogP contribution in [-0.2, 0) is 13.1 Å².